The van der Waals surface area contributed by atoms with Crippen molar-refractivity contribution in [2.75, 3.05) is 17.2 Å². The summed E-state index contributed by atoms with van der Waals surface area (Å²) in [4.78, 5) is 14.1. The molecule has 0 spiro atoms. The van der Waals surface area contributed by atoms with Crippen LogP contribution in [-0.2, 0) is 11.2 Å². The Labute approximate surface area is 109 Å². The molecule has 3 heteroatoms. The molecule has 18 heavy (non-hydrogen) atoms. The van der Waals surface area contributed by atoms with Crippen molar-refractivity contribution in [1.82, 2.24) is 0 Å². The van der Waals surface area contributed by atoms with Gasteiger partial charge in [0, 0.05) is 24.3 Å². The number of amides is 1. The van der Waals surface area contributed by atoms with E-state index in [-0.39, 0.29) is 5.91 Å². The van der Waals surface area contributed by atoms with Crippen molar-refractivity contribution in [3.8, 4) is 0 Å². The first kappa shape index (κ1) is 12.9. The number of rotatable bonds is 4. The first-order valence-corrected chi connectivity index (χ1v) is 6.84. The van der Waals surface area contributed by atoms with Gasteiger partial charge in [0.2, 0.25) is 5.91 Å². The number of fused-ring (bicyclic) bond motifs is 1. The van der Waals surface area contributed by atoms with E-state index in [9.17, 15) is 4.79 Å². The second-order valence-corrected chi connectivity index (χ2v) is 5.08. The maximum atomic E-state index is 12.1. The van der Waals surface area contributed by atoms with Crippen LogP contribution in [0.3, 0.4) is 0 Å². The van der Waals surface area contributed by atoms with E-state index in [1.807, 2.05) is 23.1 Å². The molecule has 1 aliphatic rings. The molecule has 0 aromatic heterocycles. The van der Waals surface area contributed by atoms with Crippen LogP contribution in [-0.4, -0.2) is 12.5 Å². The van der Waals surface area contributed by atoms with Crippen LogP contribution in [0.5, 0.6) is 0 Å². The van der Waals surface area contributed by atoms with Gasteiger partial charge in [-0.1, -0.05) is 26.7 Å². The summed E-state index contributed by atoms with van der Waals surface area (Å²) in [6.45, 7) is 5.21. The van der Waals surface area contributed by atoms with Crippen LogP contribution in [0, 0.1) is 5.92 Å². The van der Waals surface area contributed by atoms with Gasteiger partial charge in [0.25, 0.3) is 0 Å². The average Bonchev–Trinajstić information content (AvgIpc) is 2.38. The highest BCUT2D eigenvalue weighted by Gasteiger charge is 2.25. The topological polar surface area (TPSA) is 46.3 Å². The Kier molecular flexibility index (Phi) is 3.90. The Morgan fingerprint density at radius 1 is 1.28 bits per heavy atom. The van der Waals surface area contributed by atoms with Crippen molar-refractivity contribution in [1.29, 1.82) is 0 Å². The Morgan fingerprint density at radius 2 is 2.00 bits per heavy atom. The summed E-state index contributed by atoms with van der Waals surface area (Å²) < 4.78 is 0. The largest absolute Gasteiger partial charge is 0.399 e. The Morgan fingerprint density at radius 3 is 2.67 bits per heavy atom. The van der Waals surface area contributed by atoms with Crippen LogP contribution in [0.4, 0.5) is 11.4 Å². The molecule has 0 aliphatic carbocycles. The Balaban J connectivity index is 2.27. The van der Waals surface area contributed by atoms with Gasteiger partial charge >= 0.3 is 0 Å². The zero-order valence-corrected chi connectivity index (χ0v) is 11.3. The fourth-order valence-electron chi connectivity index (χ4n) is 2.59. The number of nitrogens with zero attached hydrogens (tertiary/aromatic N) is 1. The van der Waals surface area contributed by atoms with E-state index in [4.69, 9.17) is 5.73 Å². The summed E-state index contributed by atoms with van der Waals surface area (Å²) in [5.41, 5.74) is 8.87. The fourth-order valence-corrected chi connectivity index (χ4v) is 2.59. The highest BCUT2D eigenvalue weighted by Crippen LogP contribution is 2.30. The molecule has 1 aromatic carbocycles. The molecule has 2 N–H and O–H groups in total. The van der Waals surface area contributed by atoms with E-state index >= 15 is 0 Å². The van der Waals surface area contributed by atoms with Gasteiger partial charge in [-0.2, -0.15) is 0 Å². The van der Waals surface area contributed by atoms with Crippen molar-refractivity contribution < 1.29 is 4.79 Å². The summed E-state index contributed by atoms with van der Waals surface area (Å²) in [6.07, 6.45) is 3.66. The molecule has 98 valence electrons. The van der Waals surface area contributed by atoms with Crippen molar-refractivity contribution in [2.45, 2.75) is 39.5 Å². The van der Waals surface area contributed by atoms with Gasteiger partial charge in [-0.05, 0) is 36.1 Å². The summed E-state index contributed by atoms with van der Waals surface area (Å²) in [5.74, 6) is 0.830. The van der Waals surface area contributed by atoms with E-state index in [0.717, 1.165) is 37.2 Å². The second kappa shape index (κ2) is 5.42. The molecular formula is C15H22N2O. The molecule has 1 aliphatic heterocycles. The third-order valence-electron chi connectivity index (χ3n) is 3.90. The van der Waals surface area contributed by atoms with E-state index in [1.54, 1.807) is 0 Å². The number of carbonyl (C=O) groups is 1. The highest BCUT2D eigenvalue weighted by atomic mass is 16.2. The fraction of sp³-hybridized carbons (Fsp3) is 0.533. The van der Waals surface area contributed by atoms with E-state index in [1.165, 1.54) is 5.56 Å². The van der Waals surface area contributed by atoms with Crippen molar-refractivity contribution >= 4 is 17.3 Å². The molecule has 0 saturated heterocycles. The number of aryl methyl sites for hydroxylation is 1. The molecule has 0 bridgehead atoms. The molecule has 1 amide bonds. The number of nitrogens with two attached hydrogens (primary N) is 1. The van der Waals surface area contributed by atoms with E-state index in [2.05, 4.69) is 13.8 Å². The van der Waals surface area contributed by atoms with Crippen molar-refractivity contribution in [2.24, 2.45) is 5.92 Å². The van der Waals surface area contributed by atoms with Crippen LogP contribution in [0.15, 0.2) is 18.2 Å². The second-order valence-electron chi connectivity index (χ2n) is 5.08. The molecule has 0 atom stereocenters. The lowest BCUT2D eigenvalue weighted by Crippen LogP contribution is -2.38. The first-order chi connectivity index (χ1) is 8.65. The standard InChI is InChI=1S/C15H22N2O/c1-3-11(4-2)10-17-14-7-6-13(16)9-12(14)5-8-15(17)18/h6-7,9,11H,3-5,8,10,16H2,1-2H3. The van der Waals surface area contributed by atoms with Crippen molar-refractivity contribution in [3.05, 3.63) is 23.8 Å². The molecule has 3 nitrogen and oxygen atoms in total. The number of nitrogen functional groups attached to an aromatic ring is 1. The van der Waals surface area contributed by atoms with Crippen LogP contribution in [0.25, 0.3) is 0 Å². The molecule has 0 unspecified atom stereocenters. The van der Waals surface area contributed by atoms with Crippen LogP contribution < -0.4 is 10.6 Å². The molecule has 0 fully saturated rings. The lowest BCUT2D eigenvalue weighted by molar-refractivity contribution is -0.119. The highest BCUT2D eigenvalue weighted by molar-refractivity contribution is 5.96. The third kappa shape index (κ3) is 2.50. The first-order valence-electron chi connectivity index (χ1n) is 6.84. The normalized spacial score (nSPS) is 15.1. The number of benzene rings is 1. The number of hydrogen-bond acceptors (Lipinski definition) is 2. The smallest absolute Gasteiger partial charge is 0.227 e. The maximum absolute atomic E-state index is 12.1. The number of anilines is 2. The maximum Gasteiger partial charge on any atom is 0.227 e. The predicted octanol–water partition coefficient (Wildman–Crippen LogP) is 2.98. The predicted molar refractivity (Wildman–Crippen MR) is 75.6 cm³/mol. The number of carbonyl (C=O) groups excluding carboxylic acids is 1. The lowest BCUT2D eigenvalue weighted by Gasteiger charge is -2.32. The van der Waals surface area contributed by atoms with Gasteiger partial charge in [0.15, 0.2) is 0 Å². The van der Waals surface area contributed by atoms with Crippen LogP contribution in [0.2, 0.25) is 0 Å². The summed E-state index contributed by atoms with van der Waals surface area (Å²) in [6, 6.07) is 5.88. The van der Waals surface area contributed by atoms with Crippen LogP contribution >= 0.6 is 0 Å². The minimum atomic E-state index is 0.249. The molecular weight excluding hydrogens is 224 g/mol. The number of hydrogen-bond donors (Lipinski definition) is 1. The van der Waals surface area contributed by atoms with E-state index in [0.29, 0.717) is 12.3 Å². The summed E-state index contributed by atoms with van der Waals surface area (Å²) in [7, 11) is 0. The van der Waals surface area contributed by atoms with E-state index < -0.39 is 0 Å². The minimum Gasteiger partial charge on any atom is -0.399 e. The van der Waals surface area contributed by atoms with Crippen LogP contribution in [0.1, 0.15) is 38.7 Å². The molecule has 0 saturated carbocycles. The zero-order chi connectivity index (χ0) is 13.1. The van der Waals surface area contributed by atoms with Crippen molar-refractivity contribution in [3.63, 3.8) is 0 Å². The molecule has 1 aromatic rings. The Hall–Kier alpha value is -1.51. The SMILES string of the molecule is CCC(CC)CN1C(=O)CCc2cc(N)ccc21. The average molecular weight is 246 g/mol. The lowest BCUT2D eigenvalue weighted by atomic mass is 9.97. The monoisotopic (exact) mass is 246 g/mol. The summed E-state index contributed by atoms with van der Waals surface area (Å²) in [5, 5.41) is 0. The van der Waals surface area contributed by atoms with Gasteiger partial charge in [-0.15, -0.1) is 0 Å². The quantitative estimate of drug-likeness (QED) is 0.830. The third-order valence-corrected chi connectivity index (χ3v) is 3.90. The molecule has 0 radical (unpaired) electrons. The van der Waals surface area contributed by atoms with Gasteiger partial charge in [0.05, 0.1) is 0 Å². The summed E-state index contributed by atoms with van der Waals surface area (Å²) >= 11 is 0. The van der Waals surface area contributed by atoms with Gasteiger partial charge < -0.3 is 10.6 Å². The van der Waals surface area contributed by atoms with Gasteiger partial charge in [-0.25, -0.2) is 0 Å². The van der Waals surface area contributed by atoms with Gasteiger partial charge in [-0.3, -0.25) is 4.79 Å². The molecule has 2 rings (SSSR count). The zero-order valence-electron chi connectivity index (χ0n) is 11.3. The van der Waals surface area contributed by atoms with Gasteiger partial charge in [0.1, 0.15) is 0 Å². The molecule has 1 heterocycles. The minimum absolute atomic E-state index is 0.249. The Bertz CT molecular complexity index is 438.